The minimum absolute atomic E-state index is 0.510. The van der Waals surface area contributed by atoms with Gasteiger partial charge in [0.1, 0.15) is 5.82 Å². The summed E-state index contributed by atoms with van der Waals surface area (Å²) in [7, 11) is 0. The van der Waals surface area contributed by atoms with Gasteiger partial charge in [0.15, 0.2) is 6.29 Å². The number of nitrogens with two attached hydrogens (primary N) is 1. The molecule has 0 fully saturated rings. The molecule has 0 spiro atoms. The van der Waals surface area contributed by atoms with Gasteiger partial charge in [-0.3, -0.25) is 4.79 Å². The van der Waals surface area contributed by atoms with E-state index < -0.39 is 0 Å². The fourth-order valence-electron chi connectivity index (χ4n) is 1.91. The largest absolute Gasteiger partial charge is 0.384 e. The van der Waals surface area contributed by atoms with E-state index in [1.54, 1.807) is 0 Å². The van der Waals surface area contributed by atoms with Crippen LogP contribution in [-0.4, -0.2) is 10.9 Å². The summed E-state index contributed by atoms with van der Waals surface area (Å²) >= 11 is 0. The Morgan fingerprint density at radius 3 is 2.31 bits per heavy atom. The molecule has 2 N–H and O–H groups in total. The van der Waals surface area contributed by atoms with Crippen molar-refractivity contribution in [3.05, 3.63) is 47.2 Å². The Bertz CT molecular complexity index is 527. The molecule has 0 saturated heterocycles. The van der Waals surface area contributed by atoms with E-state index in [0.717, 1.165) is 23.2 Å². The summed E-state index contributed by atoms with van der Waals surface area (Å²) in [4.78, 5) is 11.0. The number of benzene rings is 1. The summed E-state index contributed by atoms with van der Waals surface area (Å²) in [5, 5.41) is 0. The standard InChI is InChI=1S/C13H14N2O/c1-9-10(2)15(13(14)12(9)8-16)11-6-4-3-5-7-11/h3-8H,14H2,1-2H3. The summed E-state index contributed by atoms with van der Waals surface area (Å²) < 4.78 is 1.90. The molecule has 1 aromatic carbocycles. The van der Waals surface area contributed by atoms with Crippen LogP contribution >= 0.6 is 0 Å². The van der Waals surface area contributed by atoms with Crippen LogP contribution in [0.4, 0.5) is 5.82 Å². The van der Waals surface area contributed by atoms with E-state index >= 15 is 0 Å². The number of nitrogens with zero attached hydrogens (tertiary/aromatic N) is 1. The molecule has 0 unspecified atom stereocenters. The van der Waals surface area contributed by atoms with E-state index in [4.69, 9.17) is 5.73 Å². The highest BCUT2D eigenvalue weighted by atomic mass is 16.1. The van der Waals surface area contributed by atoms with Gasteiger partial charge in [0.05, 0.1) is 5.56 Å². The fourth-order valence-corrected chi connectivity index (χ4v) is 1.91. The molecule has 0 radical (unpaired) electrons. The lowest BCUT2D eigenvalue weighted by Crippen LogP contribution is -2.02. The number of aldehydes is 1. The first-order chi connectivity index (χ1) is 7.66. The maximum Gasteiger partial charge on any atom is 0.154 e. The van der Waals surface area contributed by atoms with Gasteiger partial charge in [-0.1, -0.05) is 18.2 Å². The second-order valence-corrected chi connectivity index (χ2v) is 3.80. The maximum atomic E-state index is 11.0. The van der Waals surface area contributed by atoms with E-state index in [2.05, 4.69) is 0 Å². The molecule has 1 heterocycles. The Labute approximate surface area is 94.5 Å². The Balaban J connectivity index is 2.71. The summed E-state index contributed by atoms with van der Waals surface area (Å²) in [6.07, 6.45) is 0.817. The van der Waals surface area contributed by atoms with Gasteiger partial charge < -0.3 is 10.3 Å². The van der Waals surface area contributed by atoms with Crippen LogP contribution < -0.4 is 5.73 Å². The third-order valence-electron chi connectivity index (χ3n) is 2.93. The predicted molar refractivity (Wildman–Crippen MR) is 65.0 cm³/mol. The number of rotatable bonds is 2. The predicted octanol–water partition coefficient (Wildman–Crippen LogP) is 2.49. The van der Waals surface area contributed by atoms with E-state index in [-0.39, 0.29) is 0 Å². The van der Waals surface area contributed by atoms with Crippen molar-refractivity contribution >= 4 is 12.1 Å². The van der Waals surface area contributed by atoms with Crippen LogP contribution in [0.25, 0.3) is 5.69 Å². The molecule has 0 atom stereocenters. The summed E-state index contributed by atoms with van der Waals surface area (Å²) in [6.45, 7) is 3.88. The molecule has 0 aliphatic carbocycles. The van der Waals surface area contributed by atoms with Crippen molar-refractivity contribution in [1.82, 2.24) is 4.57 Å². The molecule has 0 amide bonds. The molecule has 0 saturated carbocycles. The van der Waals surface area contributed by atoms with Crippen molar-refractivity contribution in [3.63, 3.8) is 0 Å². The van der Waals surface area contributed by atoms with Crippen LogP contribution in [0.1, 0.15) is 21.6 Å². The first-order valence-electron chi connectivity index (χ1n) is 5.14. The van der Waals surface area contributed by atoms with Crippen molar-refractivity contribution < 1.29 is 4.79 Å². The first-order valence-corrected chi connectivity index (χ1v) is 5.14. The third-order valence-corrected chi connectivity index (χ3v) is 2.93. The zero-order chi connectivity index (χ0) is 11.7. The van der Waals surface area contributed by atoms with E-state index in [1.165, 1.54) is 0 Å². The van der Waals surface area contributed by atoms with Crippen molar-refractivity contribution in [2.75, 3.05) is 5.73 Å². The molecule has 2 rings (SSSR count). The van der Waals surface area contributed by atoms with E-state index in [1.807, 2.05) is 48.7 Å². The second-order valence-electron chi connectivity index (χ2n) is 3.80. The normalized spacial score (nSPS) is 10.4. The third kappa shape index (κ3) is 1.41. The van der Waals surface area contributed by atoms with Gasteiger partial charge >= 0.3 is 0 Å². The lowest BCUT2D eigenvalue weighted by atomic mass is 10.2. The van der Waals surface area contributed by atoms with Crippen LogP contribution in [0.15, 0.2) is 30.3 Å². The van der Waals surface area contributed by atoms with Crippen LogP contribution in [-0.2, 0) is 0 Å². The van der Waals surface area contributed by atoms with Crippen LogP contribution in [0.2, 0.25) is 0 Å². The highest BCUT2D eigenvalue weighted by Gasteiger charge is 2.15. The fraction of sp³-hybridized carbons (Fsp3) is 0.154. The summed E-state index contributed by atoms with van der Waals surface area (Å²) in [5.74, 6) is 0.510. The smallest absolute Gasteiger partial charge is 0.154 e. The molecule has 1 aromatic heterocycles. The molecule has 2 aromatic rings. The number of para-hydroxylation sites is 1. The summed E-state index contributed by atoms with van der Waals surface area (Å²) in [6, 6.07) is 9.79. The van der Waals surface area contributed by atoms with Crippen LogP contribution in [0.5, 0.6) is 0 Å². The second kappa shape index (κ2) is 3.85. The van der Waals surface area contributed by atoms with Crippen LogP contribution in [0, 0.1) is 13.8 Å². The molecule has 0 aliphatic heterocycles. The molecule has 82 valence electrons. The number of anilines is 1. The van der Waals surface area contributed by atoms with Gasteiger partial charge in [-0.05, 0) is 31.5 Å². The first kappa shape index (κ1) is 10.5. The minimum Gasteiger partial charge on any atom is -0.384 e. The number of hydrogen-bond acceptors (Lipinski definition) is 2. The van der Waals surface area contributed by atoms with Gasteiger partial charge in [0, 0.05) is 11.4 Å². The zero-order valence-electron chi connectivity index (χ0n) is 9.40. The molecule has 3 nitrogen and oxygen atoms in total. The van der Waals surface area contributed by atoms with Gasteiger partial charge in [-0.2, -0.15) is 0 Å². The molecular formula is C13H14N2O. The van der Waals surface area contributed by atoms with Crippen molar-refractivity contribution in [1.29, 1.82) is 0 Å². The Hall–Kier alpha value is -2.03. The average molecular weight is 214 g/mol. The van der Waals surface area contributed by atoms with E-state index in [0.29, 0.717) is 11.4 Å². The molecule has 3 heteroatoms. The zero-order valence-corrected chi connectivity index (χ0v) is 9.40. The molecular weight excluding hydrogens is 200 g/mol. The molecule has 16 heavy (non-hydrogen) atoms. The number of nitrogen functional groups attached to an aromatic ring is 1. The number of hydrogen-bond donors (Lipinski definition) is 1. The Morgan fingerprint density at radius 2 is 1.81 bits per heavy atom. The Morgan fingerprint density at radius 1 is 1.19 bits per heavy atom. The summed E-state index contributed by atoms with van der Waals surface area (Å²) in [5.41, 5.74) is 9.49. The van der Waals surface area contributed by atoms with Crippen molar-refractivity contribution in [2.45, 2.75) is 13.8 Å². The average Bonchev–Trinajstić information content (AvgIpc) is 2.51. The van der Waals surface area contributed by atoms with Gasteiger partial charge in [0.2, 0.25) is 0 Å². The molecule has 0 bridgehead atoms. The topological polar surface area (TPSA) is 48.0 Å². The maximum absolute atomic E-state index is 11.0. The van der Waals surface area contributed by atoms with Gasteiger partial charge in [0.25, 0.3) is 0 Å². The minimum atomic E-state index is 0.510. The van der Waals surface area contributed by atoms with Crippen molar-refractivity contribution in [3.8, 4) is 5.69 Å². The monoisotopic (exact) mass is 214 g/mol. The Kier molecular flexibility index (Phi) is 2.52. The van der Waals surface area contributed by atoms with E-state index in [9.17, 15) is 4.79 Å². The number of carbonyl (C=O) groups excluding carboxylic acids is 1. The SMILES string of the molecule is Cc1c(C=O)c(N)n(-c2ccccc2)c1C. The van der Waals surface area contributed by atoms with Crippen molar-refractivity contribution in [2.24, 2.45) is 0 Å². The lowest BCUT2D eigenvalue weighted by molar-refractivity contribution is 0.112. The highest BCUT2D eigenvalue weighted by Crippen LogP contribution is 2.26. The van der Waals surface area contributed by atoms with Crippen LogP contribution in [0.3, 0.4) is 0 Å². The highest BCUT2D eigenvalue weighted by molar-refractivity contribution is 5.86. The number of aromatic nitrogens is 1. The van der Waals surface area contributed by atoms with Gasteiger partial charge in [-0.25, -0.2) is 0 Å². The number of carbonyl (C=O) groups is 1. The van der Waals surface area contributed by atoms with Gasteiger partial charge in [-0.15, -0.1) is 0 Å². The molecule has 0 aliphatic rings. The lowest BCUT2D eigenvalue weighted by Gasteiger charge is -2.08. The quantitative estimate of drug-likeness (QED) is 0.781.